The van der Waals surface area contributed by atoms with Gasteiger partial charge in [0.05, 0.1) is 16.8 Å². The van der Waals surface area contributed by atoms with E-state index in [2.05, 4.69) is 5.32 Å². The summed E-state index contributed by atoms with van der Waals surface area (Å²) in [6, 6.07) is 12.0. The maximum Gasteiger partial charge on any atom is 0.251 e. The Hall–Kier alpha value is -1.71. The number of nitrogens with one attached hydrogen (secondary N) is 1. The van der Waals surface area contributed by atoms with Gasteiger partial charge in [-0.25, -0.2) is 0 Å². The molecule has 3 nitrogen and oxygen atoms in total. The number of hydrogen-bond acceptors (Lipinski definition) is 2. The van der Waals surface area contributed by atoms with Gasteiger partial charge in [-0.05, 0) is 36.8 Å². The van der Waals surface area contributed by atoms with Crippen molar-refractivity contribution in [3.8, 4) is 0 Å². The van der Waals surface area contributed by atoms with E-state index in [4.69, 9.17) is 28.9 Å². The number of carbonyl (C=O) groups is 1. The number of benzene rings is 2. The molecule has 0 aliphatic carbocycles. The van der Waals surface area contributed by atoms with Gasteiger partial charge in [-0.2, -0.15) is 0 Å². The molecule has 0 aromatic heterocycles. The van der Waals surface area contributed by atoms with E-state index >= 15 is 0 Å². The molecule has 0 aliphatic heterocycles. The van der Waals surface area contributed by atoms with Crippen LogP contribution in [0.2, 0.25) is 10.0 Å². The summed E-state index contributed by atoms with van der Waals surface area (Å²) in [6.07, 6.45) is 0. The molecule has 3 N–H and O–H groups in total. The van der Waals surface area contributed by atoms with E-state index in [1.165, 1.54) is 0 Å². The first-order chi connectivity index (χ1) is 9.49. The molecule has 5 heteroatoms. The van der Waals surface area contributed by atoms with Crippen LogP contribution in [0.4, 0.5) is 5.69 Å². The maximum absolute atomic E-state index is 12.2. The van der Waals surface area contributed by atoms with Gasteiger partial charge in [0.2, 0.25) is 0 Å². The van der Waals surface area contributed by atoms with Crippen molar-refractivity contribution in [2.75, 3.05) is 5.73 Å². The number of amides is 1. The predicted octanol–water partition coefficient (Wildman–Crippen LogP) is 4.07. The molecule has 0 spiro atoms. The summed E-state index contributed by atoms with van der Waals surface area (Å²) < 4.78 is 0. The smallest absolute Gasteiger partial charge is 0.251 e. The lowest BCUT2D eigenvalue weighted by molar-refractivity contribution is 0.0940. The molecule has 1 amide bonds. The number of nitrogens with two attached hydrogens (primary N) is 1. The Labute approximate surface area is 127 Å². The SMILES string of the molecule is C[C@H](NC(=O)c1ccc(Cl)c(N)c1)c1ccccc1Cl. The average molecular weight is 309 g/mol. The highest BCUT2D eigenvalue weighted by Crippen LogP contribution is 2.23. The third-order valence-electron chi connectivity index (χ3n) is 2.98. The summed E-state index contributed by atoms with van der Waals surface area (Å²) in [6.45, 7) is 1.87. The van der Waals surface area contributed by atoms with Gasteiger partial charge in [0.15, 0.2) is 0 Å². The predicted molar refractivity (Wildman–Crippen MR) is 83.2 cm³/mol. The molecule has 104 valence electrons. The van der Waals surface area contributed by atoms with Gasteiger partial charge in [0.1, 0.15) is 0 Å². The largest absolute Gasteiger partial charge is 0.398 e. The Morgan fingerprint density at radius 3 is 2.50 bits per heavy atom. The molecule has 0 radical (unpaired) electrons. The number of hydrogen-bond donors (Lipinski definition) is 2. The van der Waals surface area contributed by atoms with Gasteiger partial charge in [0.25, 0.3) is 5.91 Å². The van der Waals surface area contributed by atoms with Crippen LogP contribution in [-0.2, 0) is 0 Å². The van der Waals surface area contributed by atoms with E-state index in [9.17, 15) is 4.79 Å². The van der Waals surface area contributed by atoms with E-state index < -0.39 is 0 Å². The molecule has 0 heterocycles. The molecule has 1 atom stereocenters. The Balaban J connectivity index is 2.15. The van der Waals surface area contributed by atoms with Crippen molar-refractivity contribution in [2.24, 2.45) is 0 Å². The Morgan fingerprint density at radius 1 is 1.15 bits per heavy atom. The highest BCUT2D eigenvalue weighted by molar-refractivity contribution is 6.33. The van der Waals surface area contributed by atoms with Crippen molar-refractivity contribution in [3.63, 3.8) is 0 Å². The van der Waals surface area contributed by atoms with E-state index in [0.29, 0.717) is 21.3 Å². The molecule has 0 saturated heterocycles. The van der Waals surface area contributed by atoms with E-state index in [-0.39, 0.29) is 11.9 Å². The first-order valence-corrected chi connectivity index (χ1v) is 6.85. The lowest BCUT2D eigenvalue weighted by atomic mass is 10.1. The summed E-state index contributed by atoms with van der Waals surface area (Å²) in [5.41, 5.74) is 7.40. The molecule has 0 unspecified atom stereocenters. The number of nitrogen functional groups attached to an aromatic ring is 1. The van der Waals surface area contributed by atoms with Crippen LogP contribution in [0.25, 0.3) is 0 Å². The highest BCUT2D eigenvalue weighted by Gasteiger charge is 2.14. The van der Waals surface area contributed by atoms with Crippen LogP contribution < -0.4 is 11.1 Å². The minimum atomic E-state index is -0.221. The van der Waals surface area contributed by atoms with E-state index in [0.717, 1.165) is 5.56 Å². The van der Waals surface area contributed by atoms with Gasteiger partial charge in [-0.15, -0.1) is 0 Å². The monoisotopic (exact) mass is 308 g/mol. The van der Waals surface area contributed by atoms with Gasteiger partial charge in [-0.1, -0.05) is 41.4 Å². The summed E-state index contributed by atoms with van der Waals surface area (Å²) in [4.78, 5) is 12.2. The van der Waals surface area contributed by atoms with Crippen molar-refractivity contribution in [2.45, 2.75) is 13.0 Å². The van der Waals surface area contributed by atoms with Gasteiger partial charge in [0, 0.05) is 10.6 Å². The molecule has 0 aliphatic rings. The second-order valence-electron chi connectivity index (χ2n) is 4.45. The molecular formula is C15H14Cl2N2O. The normalized spacial score (nSPS) is 11.9. The molecule has 2 rings (SSSR count). The van der Waals surface area contributed by atoms with Crippen molar-refractivity contribution in [1.82, 2.24) is 5.32 Å². The van der Waals surface area contributed by atoms with Crippen LogP contribution >= 0.6 is 23.2 Å². The van der Waals surface area contributed by atoms with Gasteiger partial charge >= 0.3 is 0 Å². The summed E-state index contributed by atoms with van der Waals surface area (Å²) in [7, 11) is 0. The topological polar surface area (TPSA) is 55.1 Å². The minimum Gasteiger partial charge on any atom is -0.398 e. The zero-order chi connectivity index (χ0) is 14.7. The summed E-state index contributed by atoms with van der Waals surface area (Å²) in [5.74, 6) is -0.221. The van der Waals surface area contributed by atoms with Crippen molar-refractivity contribution >= 4 is 34.8 Å². The molecule has 2 aromatic rings. The first kappa shape index (κ1) is 14.7. The number of halogens is 2. The summed E-state index contributed by atoms with van der Waals surface area (Å²) >= 11 is 11.9. The zero-order valence-electron chi connectivity index (χ0n) is 10.9. The Morgan fingerprint density at radius 2 is 1.85 bits per heavy atom. The molecular weight excluding hydrogens is 295 g/mol. The number of anilines is 1. The molecule has 0 fully saturated rings. The van der Waals surface area contributed by atoms with Crippen LogP contribution in [0.3, 0.4) is 0 Å². The van der Waals surface area contributed by atoms with E-state index in [1.807, 2.05) is 25.1 Å². The van der Waals surface area contributed by atoms with Crippen LogP contribution in [0, 0.1) is 0 Å². The van der Waals surface area contributed by atoms with Crippen molar-refractivity contribution in [1.29, 1.82) is 0 Å². The van der Waals surface area contributed by atoms with Crippen LogP contribution in [0.1, 0.15) is 28.9 Å². The number of rotatable bonds is 3. The second-order valence-corrected chi connectivity index (χ2v) is 5.27. The molecule has 20 heavy (non-hydrogen) atoms. The maximum atomic E-state index is 12.2. The fourth-order valence-electron chi connectivity index (χ4n) is 1.87. The Kier molecular flexibility index (Phi) is 4.53. The van der Waals surface area contributed by atoms with Gasteiger partial charge in [-0.3, -0.25) is 4.79 Å². The number of carbonyl (C=O) groups excluding carboxylic acids is 1. The van der Waals surface area contributed by atoms with Crippen LogP contribution in [0.5, 0.6) is 0 Å². The minimum absolute atomic E-state index is 0.201. The average Bonchev–Trinajstić information content (AvgIpc) is 2.42. The standard InChI is InChI=1S/C15H14Cl2N2O/c1-9(11-4-2-3-5-12(11)16)19-15(20)10-6-7-13(17)14(18)8-10/h2-9H,18H2,1H3,(H,19,20)/t9-/m0/s1. The quantitative estimate of drug-likeness (QED) is 0.840. The Bertz CT molecular complexity index is 644. The second kappa shape index (κ2) is 6.16. The van der Waals surface area contributed by atoms with Gasteiger partial charge < -0.3 is 11.1 Å². The van der Waals surface area contributed by atoms with Crippen LogP contribution in [-0.4, -0.2) is 5.91 Å². The molecule has 0 saturated carbocycles. The molecule has 2 aromatic carbocycles. The molecule has 0 bridgehead atoms. The summed E-state index contributed by atoms with van der Waals surface area (Å²) in [5, 5.41) is 3.93. The third kappa shape index (κ3) is 3.24. The lowest BCUT2D eigenvalue weighted by Gasteiger charge is -2.16. The zero-order valence-corrected chi connectivity index (χ0v) is 12.4. The van der Waals surface area contributed by atoms with E-state index in [1.54, 1.807) is 24.3 Å². The van der Waals surface area contributed by atoms with Crippen molar-refractivity contribution < 1.29 is 4.79 Å². The third-order valence-corrected chi connectivity index (χ3v) is 3.67. The fourth-order valence-corrected chi connectivity index (χ4v) is 2.29. The highest BCUT2D eigenvalue weighted by atomic mass is 35.5. The fraction of sp³-hybridized carbons (Fsp3) is 0.133. The lowest BCUT2D eigenvalue weighted by Crippen LogP contribution is -2.26. The first-order valence-electron chi connectivity index (χ1n) is 6.09. The van der Waals surface area contributed by atoms with Crippen molar-refractivity contribution in [3.05, 3.63) is 63.6 Å². The van der Waals surface area contributed by atoms with Crippen LogP contribution in [0.15, 0.2) is 42.5 Å².